The molecular weight excluding hydrogens is 1360 g/mol. The lowest BCUT2D eigenvalue weighted by molar-refractivity contribution is 1.37. The number of halogens is 3. The van der Waals surface area contributed by atoms with E-state index in [2.05, 4.69) is 389 Å². The van der Waals surface area contributed by atoms with Crippen LogP contribution in [0.25, 0.3) is 181 Å². The lowest BCUT2D eigenvalue weighted by Crippen LogP contribution is -1.86. The van der Waals surface area contributed by atoms with Crippen LogP contribution in [0.2, 0.25) is 0 Å². The zero-order chi connectivity index (χ0) is 63.7. The zero-order valence-electron chi connectivity index (χ0n) is 51.7. The van der Waals surface area contributed by atoms with Crippen molar-refractivity contribution in [3.8, 4) is 66.8 Å². The van der Waals surface area contributed by atoms with Gasteiger partial charge in [-0.3, -0.25) is 0 Å². The second kappa shape index (κ2) is 22.7. The summed E-state index contributed by atoms with van der Waals surface area (Å²) in [7, 11) is 0. The summed E-state index contributed by atoms with van der Waals surface area (Å²) >= 11 is 10.9. The molecule has 0 amide bonds. The van der Waals surface area contributed by atoms with Crippen LogP contribution in [-0.2, 0) is 0 Å². The third-order valence-electron chi connectivity index (χ3n) is 19.8. The molecule has 6 aromatic heterocycles. The van der Waals surface area contributed by atoms with Gasteiger partial charge in [0.05, 0.1) is 49.7 Å². The van der Waals surface area contributed by atoms with Crippen LogP contribution in [0.5, 0.6) is 0 Å². The number of aromatic nitrogens is 3. The summed E-state index contributed by atoms with van der Waals surface area (Å²) in [6.07, 6.45) is 0. The first kappa shape index (κ1) is 56.7. The molecule has 6 heterocycles. The van der Waals surface area contributed by atoms with Crippen molar-refractivity contribution in [3.63, 3.8) is 0 Å². The Kier molecular flexibility index (Phi) is 13.4. The number of nitrogens with zero attached hydrogens (tertiary/aromatic N) is 3. The molecule has 0 saturated carbocycles. The lowest BCUT2D eigenvalue weighted by atomic mass is 9.94. The Hall–Kier alpha value is -10.9. The molecule has 0 unspecified atom stereocenters. The van der Waals surface area contributed by atoms with E-state index in [0.717, 1.165) is 13.4 Å². The quantitative estimate of drug-likeness (QED) is 0.157. The van der Waals surface area contributed by atoms with Gasteiger partial charge in [0.2, 0.25) is 0 Å². The second-order valence-corrected chi connectivity index (χ2v) is 27.8. The molecular formula is C90H54Br3N3. The Morgan fingerprint density at radius 3 is 0.927 bits per heavy atom. The largest absolute Gasteiger partial charge is 0.308 e. The molecule has 0 N–H and O–H groups in total. The third-order valence-corrected chi connectivity index (χ3v) is 21.5. The summed E-state index contributed by atoms with van der Waals surface area (Å²) in [6, 6.07) is 119. The van der Waals surface area contributed by atoms with Crippen molar-refractivity contribution in [1.29, 1.82) is 0 Å². The van der Waals surface area contributed by atoms with Gasteiger partial charge in [-0.15, -0.1) is 0 Å². The molecule has 0 spiro atoms. The Morgan fingerprint density at radius 1 is 0.167 bits per heavy atom. The van der Waals surface area contributed by atoms with Gasteiger partial charge in [-0.2, -0.15) is 0 Å². The van der Waals surface area contributed by atoms with E-state index in [1.165, 1.54) is 181 Å². The Labute approximate surface area is 578 Å². The van der Waals surface area contributed by atoms with Gasteiger partial charge < -0.3 is 13.2 Å². The molecule has 0 radical (unpaired) electrons. The number of para-hydroxylation sites is 6. The Balaban J connectivity index is 0.000000102. The van der Waals surface area contributed by atoms with Gasteiger partial charge in [0.15, 0.2) is 0 Å². The van der Waals surface area contributed by atoms with Crippen molar-refractivity contribution in [1.82, 2.24) is 13.2 Å². The number of benzene rings is 15. The van der Waals surface area contributed by atoms with Crippen LogP contribution in [0.3, 0.4) is 0 Å². The van der Waals surface area contributed by atoms with Crippen LogP contribution in [0.4, 0.5) is 0 Å². The predicted octanol–water partition coefficient (Wildman–Crippen LogP) is 26.8. The van der Waals surface area contributed by atoms with Crippen molar-refractivity contribution in [2.24, 2.45) is 0 Å². The molecule has 0 fully saturated rings. The summed E-state index contributed by atoms with van der Waals surface area (Å²) in [4.78, 5) is 0. The van der Waals surface area contributed by atoms with Gasteiger partial charge in [-0.05, 0) is 158 Å². The van der Waals surface area contributed by atoms with Gasteiger partial charge in [-0.1, -0.05) is 284 Å². The average molecular weight is 1420 g/mol. The molecule has 6 heteroatoms. The molecule has 21 rings (SSSR count). The van der Waals surface area contributed by atoms with Crippen LogP contribution in [0.15, 0.2) is 341 Å². The first-order valence-corrected chi connectivity index (χ1v) is 34.8. The maximum Gasteiger partial charge on any atom is 0.0620 e. The molecule has 450 valence electrons. The van der Waals surface area contributed by atoms with E-state index >= 15 is 0 Å². The number of rotatable bonds is 6. The van der Waals surface area contributed by atoms with Gasteiger partial charge in [0, 0.05) is 78.1 Å². The fourth-order valence-corrected chi connectivity index (χ4v) is 16.9. The Morgan fingerprint density at radius 2 is 0.458 bits per heavy atom. The zero-order valence-corrected chi connectivity index (χ0v) is 56.4. The number of hydrogen-bond acceptors (Lipinski definition) is 0. The molecule has 0 aliphatic carbocycles. The van der Waals surface area contributed by atoms with Crippen LogP contribution in [0.1, 0.15) is 0 Å². The molecule has 96 heavy (non-hydrogen) atoms. The summed E-state index contributed by atoms with van der Waals surface area (Å²) in [6.45, 7) is 0. The van der Waals surface area contributed by atoms with Gasteiger partial charge in [0.1, 0.15) is 0 Å². The van der Waals surface area contributed by atoms with Crippen molar-refractivity contribution in [2.45, 2.75) is 0 Å². The molecule has 21 aromatic rings. The van der Waals surface area contributed by atoms with Crippen LogP contribution >= 0.6 is 47.8 Å². The van der Waals surface area contributed by atoms with Gasteiger partial charge in [0.25, 0.3) is 0 Å². The maximum atomic E-state index is 3.70. The lowest BCUT2D eigenvalue weighted by Gasteiger charge is -2.11. The minimum absolute atomic E-state index is 1.09. The van der Waals surface area contributed by atoms with Gasteiger partial charge in [-0.25, -0.2) is 0 Å². The first-order valence-electron chi connectivity index (χ1n) is 32.4. The molecule has 15 aromatic carbocycles. The molecule has 0 atom stereocenters. The molecule has 3 nitrogen and oxygen atoms in total. The van der Waals surface area contributed by atoms with E-state index in [-0.39, 0.29) is 0 Å². The van der Waals surface area contributed by atoms with E-state index in [9.17, 15) is 0 Å². The van der Waals surface area contributed by atoms with Crippen LogP contribution in [0, 0.1) is 0 Å². The van der Waals surface area contributed by atoms with E-state index in [1.54, 1.807) is 0 Å². The van der Waals surface area contributed by atoms with Crippen LogP contribution in [-0.4, -0.2) is 13.2 Å². The molecule has 0 aliphatic heterocycles. The normalized spacial score (nSPS) is 11.9. The molecule has 0 saturated heterocycles. The molecule has 0 aliphatic rings. The Bertz CT molecular complexity index is 6640. The minimum Gasteiger partial charge on any atom is -0.308 e. The highest BCUT2D eigenvalue weighted by Crippen LogP contribution is 2.45. The van der Waals surface area contributed by atoms with Crippen LogP contribution < -0.4 is 0 Å². The maximum absolute atomic E-state index is 3.70. The SMILES string of the molecule is Brc1cccc(-c2cccc(-c3ccc4c(c3)c3cccc5c6ccccc6n4c53)c2)c1.Brc1cccc(-c2ccccc2-c2ccc3c4cccc5c6ccccc6n(c3c2)c54)c1.Brc1ccccc1-c1cccc(-c2ccc3c(c2)c2cccc4c5ccccc5n3c42)c1. The summed E-state index contributed by atoms with van der Waals surface area (Å²) in [5.74, 6) is 0. The van der Waals surface area contributed by atoms with Crippen molar-refractivity contribution in [3.05, 3.63) is 341 Å². The number of hydrogen-bond donors (Lipinski definition) is 0. The fourth-order valence-electron chi connectivity index (χ4n) is 15.6. The predicted molar refractivity (Wildman–Crippen MR) is 419 cm³/mol. The third kappa shape index (κ3) is 9.04. The minimum atomic E-state index is 1.09. The van der Waals surface area contributed by atoms with E-state index in [0.29, 0.717) is 0 Å². The smallest absolute Gasteiger partial charge is 0.0620 e. The molecule has 0 bridgehead atoms. The second-order valence-electron chi connectivity index (χ2n) is 25.1. The van der Waals surface area contributed by atoms with E-state index < -0.39 is 0 Å². The van der Waals surface area contributed by atoms with Crippen molar-refractivity contribution < 1.29 is 0 Å². The van der Waals surface area contributed by atoms with E-state index in [4.69, 9.17) is 0 Å². The standard InChI is InChI=1S/3C30H18BrN/c31-27-13-3-1-9-22(27)21-8-5-7-19(17-21)20-15-16-29-26(18-20)25-12-6-11-24-23-10-2-4-14-28(23)32(29)30(24)25;31-23-9-4-8-21(17-23)19-6-3-7-20(16-19)22-14-15-29-27(18-22)26-12-5-11-25-24-10-1-2-13-28(24)32(29)30(25)26;31-21-8-5-7-19(17-21)22-9-1-2-10-23(22)20-15-16-25-27-13-6-12-26-24-11-3-4-14-28(24)32(30(26)27)29(25)18-20/h3*1-18H. The van der Waals surface area contributed by atoms with Crippen molar-refractivity contribution in [2.75, 3.05) is 0 Å². The summed E-state index contributed by atoms with van der Waals surface area (Å²) in [5.41, 5.74) is 26.3. The first-order chi connectivity index (χ1) is 47.4. The van der Waals surface area contributed by atoms with E-state index in [1.807, 2.05) is 0 Å². The average Bonchev–Trinajstić information content (AvgIpc) is 1.56. The highest BCUT2D eigenvalue weighted by molar-refractivity contribution is 9.11. The van der Waals surface area contributed by atoms with Gasteiger partial charge >= 0.3 is 0 Å². The fraction of sp³-hybridized carbons (Fsp3) is 0. The highest BCUT2D eigenvalue weighted by Gasteiger charge is 2.22. The van der Waals surface area contributed by atoms with Crippen molar-refractivity contribution >= 4 is 162 Å². The summed E-state index contributed by atoms with van der Waals surface area (Å²) in [5, 5.41) is 15.8. The summed E-state index contributed by atoms with van der Waals surface area (Å²) < 4.78 is 10.6. The number of fused-ring (bicyclic) bond motifs is 18. The monoisotopic (exact) mass is 1410 g/mol. The highest BCUT2D eigenvalue weighted by atomic mass is 79.9. The topological polar surface area (TPSA) is 13.2 Å².